The lowest BCUT2D eigenvalue weighted by atomic mass is 9.93. The van der Waals surface area contributed by atoms with Crippen molar-refractivity contribution in [3.63, 3.8) is 0 Å². The SMILES string of the molecule is CC1=Cc2cc(C(=N)N)ccc2OC1(C)C. The monoisotopic (exact) mass is 216 g/mol. The predicted octanol–water partition coefficient (Wildman–Crippen LogP) is 2.54. The fourth-order valence-corrected chi connectivity index (χ4v) is 1.68. The van der Waals surface area contributed by atoms with E-state index in [9.17, 15) is 0 Å². The van der Waals surface area contributed by atoms with Gasteiger partial charge in [0.15, 0.2) is 0 Å². The van der Waals surface area contributed by atoms with Gasteiger partial charge in [-0.3, -0.25) is 5.41 Å². The third-order valence-electron chi connectivity index (χ3n) is 3.01. The first-order chi connectivity index (χ1) is 7.40. The maximum atomic E-state index is 7.40. The van der Waals surface area contributed by atoms with Gasteiger partial charge in [0.25, 0.3) is 0 Å². The highest BCUT2D eigenvalue weighted by Gasteiger charge is 2.27. The predicted molar refractivity (Wildman–Crippen MR) is 65.8 cm³/mol. The fourth-order valence-electron chi connectivity index (χ4n) is 1.68. The zero-order valence-electron chi connectivity index (χ0n) is 9.79. The minimum Gasteiger partial charge on any atom is -0.483 e. The van der Waals surface area contributed by atoms with Crippen LogP contribution in [0.1, 0.15) is 31.9 Å². The zero-order valence-corrected chi connectivity index (χ0v) is 9.79. The molecule has 3 nitrogen and oxygen atoms in total. The quantitative estimate of drug-likeness (QED) is 0.560. The molecule has 1 aliphatic heterocycles. The Balaban J connectivity index is 2.51. The van der Waals surface area contributed by atoms with Crippen LogP contribution in [0, 0.1) is 5.41 Å². The van der Waals surface area contributed by atoms with Gasteiger partial charge >= 0.3 is 0 Å². The van der Waals surface area contributed by atoms with Crippen LogP contribution in [0.4, 0.5) is 0 Å². The maximum Gasteiger partial charge on any atom is 0.127 e. The molecule has 0 aromatic heterocycles. The van der Waals surface area contributed by atoms with Crippen LogP contribution in [-0.2, 0) is 0 Å². The van der Waals surface area contributed by atoms with E-state index in [0.29, 0.717) is 0 Å². The Labute approximate surface area is 95.4 Å². The summed E-state index contributed by atoms with van der Waals surface area (Å²) in [7, 11) is 0. The zero-order chi connectivity index (χ0) is 11.9. The second kappa shape index (κ2) is 3.37. The van der Waals surface area contributed by atoms with Crippen molar-refractivity contribution in [3.8, 4) is 5.75 Å². The fraction of sp³-hybridized carbons (Fsp3) is 0.308. The van der Waals surface area contributed by atoms with Gasteiger partial charge in [0.2, 0.25) is 0 Å². The normalized spacial score (nSPS) is 17.1. The summed E-state index contributed by atoms with van der Waals surface area (Å²) < 4.78 is 5.89. The van der Waals surface area contributed by atoms with Gasteiger partial charge in [0.1, 0.15) is 17.2 Å². The molecule has 1 aromatic carbocycles. The van der Waals surface area contributed by atoms with Crippen molar-refractivity contribution < 1.29 is 4.74 Å². The molecule has 0 saturated heterocycles. The number of ether oxygens (including phenoxy) is 1. The molecule has 0 fully saturated rings. The third kappa shape index (κ3) is 1.69. The van der Waals surface area contributed by atoms with Crippen molar-refractivity contribution in [1.29, 1.82) is 5.41 Å². The summed E-state index contributed by atoms with van der Waals surface area (Å²) in [6.07, 6.45) is 2.09. The third-order valence-corrected chi connectivity index (χ3v) is 3.01. The average molecular weight is 216 g/mol. The van der Waals surface area contributed by atoms with E-state index in [0.717, 1.165) is 16.9 Å². The molecule has 84 valence electrons. The molecule has 0 bridgehead atoms. The number of hydrogen-bond acceptors (Lipinski definition) is 2. The van der Waals surface area contributed by atoms with Gasteiger partial charge < -0.3 is 10.5 Å². The van der Waals surface area contributed by atoms with Crippen LogP contribution in [0.25, 0.3) is 6.08 Å². The summed E-state index contributed by atoms with van der Waals surface area (Å²) in [6.45, 7) is 6.13. The first-order valence-electron chi connectivity index (χ1n) is 5.26. The minimum absolute atomic E-state index is 0.0821. The summed E-state index contributed by atoms with van der Waals surface area (Å²) in [5.41, 5.74) is 8.08. The molecule has 0 saturated carbocycles. The lowest BCUT2D eigenvalue weighted by molar-refractivity contribution is 0.145. The molecule has 0 amide bonds. The number of rotatable bonds is 1. The molecule has 1 aliphatic rings. The van der Waals surface area contributed by atoms with Crippen LogP contribution < -0.4 is 10.5 Å². The molecule has 0 atom stereocenters. The first kappa shape index (κ1) is 10.7. The van der Waals surface area contributed by atoms with Gasteiger partial charge in [-0.25, -0.2) is 0 Å². The van der Waals surface area contributed by atoms with Crippen molar-refractivity contribution in [1.82, 2.24) is 0 Å². The average Bonchev–Trinajstić information content (AvgIpc) is 2.18. The largest absolute Gasteiger partial charge is 0.483 e. The molecule has 0 unspecified atom stereocenters. The van der Waals surface area contributed by atoms with Crippen molar-refractivity contribution in [2.75, 3.05) is 0 Å². The van der Waals surface area contributed by atoms with E-state index in [4.69, 9.17) is 15.9 Å². The Kier molecular flexibility index (Phi) is 2.26. The van der Waals surface area contributed by atoms with E-state index >= 15 is 0 Å². The van der Waals surface area contributed by atoms with Gasteiger partial charge in [-0.15, -0.1) is 0 Å². The highest BCUT2D eigenvalue weighted by molar-refractivity contribution is 5.95. The molecule has 0 spiro atoms. The molecular weight excluding hydrogens is 200 g/mol. The van der Waals surface area contributed by atoms with Crippen molar-refractivity contribution >= 4 is 11.9 Å². The van der Waals surface area contributed by atoms with Crippen LogP contribution >= 0.6 is 0 Å². The van der Waals surface area contributed by atoms with E-state index in [1.165, 1.54) is 5.57 Å². The molecular formula is C13H16N2O. The second-order valence-electron chi connectivity index (χ2n) is 4.61. The number of nitrogens with two attached hydrogens (primary N) is 1. The lowest BCUT2D eigenvalue weighted by Gasteiger charge is -2.32. The number of amidine groups is 1. The Bertz CT molecular complexity index is 487. The van der Waals surface area contributed by atoms with Crippen molar-refractivity contribution in [2.45, 2.75) is 26.4 Å². The van der Waals surface area contributed by atoms with E-state index in [2.05, 4.69) is 6.08 Å². The van der Waals surface area contributed by atoms with E-state index in [1.807, 2.05) is 39.0 Å². The van der Waals surface area contributed by atoms with Gasteiger partial charge in [-0.05, 0) is 50.6 Å². The van der Waals surface area contributed by atoms with E-state index < -0.39 is 0 Å². The highest BCUT2D eigenvalue weighted by atomic mass is 16.5. The summed E-state index contributed by atoms with van der Waals surface area (Å²) >= 11 is 0. The van der Waals surface area contributed by atoms with Crippen molar-refractivity contribution in [2.24, 2.45) is 5.73 Å². The van der Waals surface area contributed by atoms with Gasteiger partial charge in [-0.1, -0.05) is 0 Å². The summed E-state index contributed by atoms with van der Waals surface area (Å²) in [5.74, 6) is 0.930. The molecule has 3 N–H and O–H groups in total. The van der Waals surface area contributed by atoms with E-state index in [1.54, 1.807) is 0 Å². The van der Waals surface area contributed by atoms with Crippen LogP contribution in [0.2, 0.25) is 0 Å². The lowest BCUT2D eigenvalue weighted by Crippen LogP contribution is -2.32. The van der Waals surface area contributed by atoms with Crippen LogP contribution in [-0.4, -0.2) is 11.4 Å². The summed E-state index contributed by atoms with van der Waals surface area (Å²) in [4.78, 5) is 0. The summed E-state index contributed by atoms with van der Waals surface area (Å²) in [5, 5.41) is 7.40. The van der Waals surface area contributed by atoms with Gasteiger partial charge in [0, 0.05) is 11.1 Å². The number of nitrogens with one attached hydrogen (secondary N) is 1. The van der Waals surface area contributed by atoms with Crippen molar-refractivity contribution in [3.05, 3.63) is 34.9 Å². The maximum absolute atomic E-state index is 7.40. The molecule has 3 heteroatoms. The minimum atomic E-state index is -0.259. The molecule has 2 rings (SSSR count). The topological polar surface area (TPSA) is 59.1 Å². The molecule has 1 heterocycles. The van der Waals surface area contributed by atoms with Gasteiger partial charge in [-0.2, -0.15) is 0 Å². The number of fused-ring (bicyclic) bond motifs is 1. The number of hydrogen-bond donors (Lipinski definition) is 2. The highest BCUT2D eigenvalue weighted by Crippen LogP contribution is 2.35. The Hall–Kier alpha value is -1.77. The van der Waals surface area contributed by atoms with Gasteiger partial charge in [0.05, 0.1) is 0 Å². The molecule has 0 radical (unpaired) electrons. The smallest absolute Gasteiger partial charge is 0.127 e. The molecule has 1 aromatic rings. The second-order valence-corrected chi connectivity index (χ2v) is 4.61. The first-order valence-corrected chi connectivity index (χ1v) is 5.26. The number of benzene rings is 1. The Morgan fingerprint density at radius 1 is 1.38 bits per heavy atom. The Morgan fingerprint density at radius 2 is 2.06 bits per heavy atom. The van der Waals surface area contributed by atoms with Crippen LogP contribution in [0.3, 0.4) is 0 Å². The Morgan fingerprint density at radius 3 is 2.69 bits per heavy atom. The van der Waals surface area contributed by atoms with E-state index in [-0.39, 0.29) is 11.4 Å². The summed E-state index contributed by atoms with van der Waals surface area (Å²) in [6, 6.07) is 5.57. The number of nitrogen functional groups attached to an aromatic ring is 1. The molecule has 16 heavy (non-hydrogen) atoms. The molecule has 0 aliphatic carbocycles. The van der Waals surface area contributed by atoms with Crippen LogP contribution in [0.15, 0.2) is 23.8 Å². The standard InChI is InChI=1S/C13H16N2O/c1-8-6-10-7-9(12(14)15)4-5-11(10)16-13(8,2)3/h4-7H,1-3H3,(H3,14,15). The van der Waals surface area contributed by atoms with Crippen LogP contribution in [0.5, 0.6) is 5.75 Å².